The fraction of sp³-hybridized carbons (Fsp3) is 0.533. The average molecular weight is 261 g/mol. The topological polar surface area (TPSA) is 44.4 Å². The number of anilines is 1. The molecule has 2 rings (SSSR count). The van der Waals surface area contributed by atoms with Crippen LogP contribution >= 0.6 is 0 Å². The third kappa shape index (κ3) is 3.47. The molecule has 19 heavy (non-hydrogen) atoms. The van der Waals surface area contributed by atoms with Crippen LogP contribution in [0.4, 0.5) is 5.69 Å². The molecule has 1 heterocycles. The highest BCUT2D eigenvalue weighted by atomic mass is 16.1. The summed E-state index contributed by atoms with van der Waals surface area (Å²) in [6, 6.07) is 6.28. The highest BCUT2D eigenvalue weighted by Crippen LogP contribution is 2.20. The Bertz CT molecular complexity index is 459. The normalized spacial score (nSPS) is 20.1. The number of likely N-dealkylation sites (tertiary alicyclic amines) is 1. The van der Waals surface area contributed by atoms with Crippen molar-refractivity contribution in [2.24, 2.45) is 0 Å². The van der Waals surface area contributed by atoms with Crippen LogP contribution in [0, 0.1) is 6.92 Å². The molecule has 1 fully saturated rings. The predicted molar refractivity (Wildman–Crippen MR) is 78.7 cm³/mol. The maximum absolute atomic E-state index is 11.7. The van der Waals surface area contributed by atoms with Crippen LogP contribution in [0.15, 0.2) is 18.2 Å². The van der Waals surface area contributed by atoms with Crippen molar-refractivity contribution in [3.05, 3.63) is 29.3 Å². The summed E-state index contributed by atoms with van der Waals surface area (Å²) in [4.78, 5) is 14.0. The van der Waals surface area contributed by atoms with E-state index >= 15 is 0 Å². The van der Waals surface area contributed by atoms with Crippen LogP contribution in [-0.4, -0.2) is 44.0 Å². The molecule has 1 atom stereocenters. The lowest BCUT2D eigenvalue weighted by molar-refractivity contribution is 0.0963. The third-order valence-corrected chi connectivity index (χ3v) is 3.71. The molecule has 1 aliphatic rings. The zero-order valence-corrected chi connectivity index (χ0v) is 12.0. The van der Waals surface area contributed by atoms with Crippen molar-refractivity contribution in [2.45, 2.75) is 25.8 Å². The number of carbonyl (C=O) groups is 1. The number of benzene rings is 1. The molecular formula is C15H23N3O. The first-order chi connectivity index (χ1) is 9.10. The number of hydrogen-bond acceptors (Lipinski definition) is 3. The minimum absolute atomic E-state index is 0.0381. The molecule has 1 aromatic carbocycles. The lowest BCUT2D eigenvalue weighted by Crippen LogP contribution is -2.39. The summed E-state index contributed by atoms with van der Waals surface area (Å²) in [5.41, 5.74) is 2.96. The van der Waals surface area contributed by atoms with E-state index in [4.69, 9.17) is 0 Å². The first-order valence-electron chi connectivity index (χ1n) is 6.88. The fourth-order valence-electron chi connectivity index (χ4n) is 2.57. The number of rotatable bonds is 3. The second-order valence-corrected chi connectivity index (χ2v) is 5.35. The molecule has 4 heteroatoms. The van der Waals surface area contributed by atoms with E-state index in [2.05, 4.69) is 29.5 Å². The lowest BCUT2D eigenvalue weighted by Gasteiger charge is -2.31. The summed E-state index contributed by atoms with van der Waals surface area (Å²) in [6.07, 6.45) is 2.41. The fourth-order valence-corrected chi connectivity index (χ4v) is 2.57. The van der Waals surface area contributed by atoms with E-state index in [0.717, 1.165) is 12.2 Å². The van der Waals surface area contributed by atoms with Crippen LogP contribution in [0.1, 0.15) is 28.8 Å². The van der Waals surface area contributed by atoms with Crippen LogP contribution in [0.3, 0.4) is 0 Å². The molecule has 104 valence electrons. The van der Waals surface area contributed by atoms with E-state index in [1.54, 1.807) is 7.05 Å². The van der Waals surface area contributed by atoms with E-state index < -0.39 is 0 Å². The number of nitrogens with one attached hydrogen (secondary N) is 2. The molecule has 0 radical (unpaired) electrons. The summed E-state index contributed by atoms with van der Waals surface area (Å²) < 4.78 is 0. The Kier molecular flexibility index (Phi) is 4.43. The standard InChI is InChI=1S/C15H23N3O/c1-11-6-7-12(15(19)16-2)9-14(11)17-13-5-4-8-18(3)10-13/h6-7,9,13,17H,4-5,8,10H2,1-3H3,(H,16,19). The summed E-state index contributed by atoms with van der Waals surface area (Å²) in [5, 5.41) is 6.24. The van der Waals surface area contributed by atoms with Gasteiger partial charge in [-0.05, 0) is 51.1 Å². The van der Waals surface area contributed by atoms with Crippen LogP contribution in [0.2, 0.25) is 0 Å². The Morgan fingerprint density at radius 2 is 2.21 bits per heavy atom. The Morgan fingerprint density at radius 3 is 2.89 bits per heavy atom. The minimum atomic E-state index is -0.0381. The van der Waals surface area contributed by atoms with E-state index in [1.165, 1.54) is 24.9 Å². The number of aryl methyl sites for hydroxylation is 1. The SMILES string of the molecule is CNC(=O)c1ccc(C)c(NC2CCCN(C)C2)c1. The molecule has 0 aliphatic carbocycles. The van der Waals surface area contributed by atoms with Crippen LogP contribution < -0.4 is 10.6 Å². The summed E-state index contributed by atoms with van der Waals surface area (Å²) >= 11 is 0. The van der Waals surface area contributed by atoms with E-state index in [0.29, 0.717) is 11.6 Å². The Hall–Kier alpha value is -1.55. The molecule has 0 aromatic heterocycles. The largest absolute Gasteiger partial charge is 0.381 e. The van der Waals surface area contributed by atoms with Gasteiger partial charge in [-0.25, -0.2) is 0 Å². The maximum Gasteiger partial charge on any atom is 0.251 e. The van der Waals surface area contributed by atoms with Crippen molar-refractivity contribution < 1.29 is 4.79 Å². The average Bonchev–Trinajstić information content (AvgIpc) is 2.40. The summed E-state index contributed by atoms with van der Waals surface area (Å²) in [6.45, 7) is 4.31. The predicted octanol–water partition coefficient (Wildman–Crippen LogP) is 1.86. The first kappa shape index (κ1) is 13.9. The number of hydrogen-bond donors (Lipinski definition) is 2. The molecule has 2 N–H and O–H groups in total. The quantitative estimate of drug-likeness (QED) is 0.873. The van der Waals surface area contributed by atoms with Crippen molar-refractivity contribution in [3.8, 4) is 0 Å². The van der Waals surface area contributed by atoms with Crippen LogP contribution in [0.5, 0.6) is 0 Å². The first-order valence-corrected chi connectivity index (χ1v) is 6.88. The molecule has 1 unspecified atom stereocenters. The summed E-state index contributed by atoms with van der Waals surface area (Å²) in [5.74, 6) is -0.0381. The molecule has 1 aliphatic heterocycles. The van der Waals surface area contributed by atoms with Crippen molar-refractivity contribution in [1.82, 2.24) is 10.2 Å². The van der Waals surface area contributed by atoms with Gasteiger partial charge >= 0.3 is 0 Å². The Balaban J connectivity index is 2.12. The zero-order chi connectivity index (χ0) is 13.8. The van der Waals surface area contributed by atoms with Gasteiger partial charge in [0, 0.05) is 30.9 Å². The Morgan fingerprint density at radius 1 is 1.42 bits per heavy atom. The minimum Gasteiger partial charge on any atom is -0.381 e. The van der Waals surface area contributed by atoms with Crippen molar-refractivity contribution in [2.75, 3.05) is 32.5 Å². The Labute approximate surface area is 115 Å². The molecular weight excluding hydrogens is 238 g/mol. The van der Waals surface area contributed by atoms with E-state index in [1.807, 2.05) is 18.2 Å². The van der Waals surface area contributed by atoms with Crippen molar-refractivity contribution >= 4 is 11.6 Å². The number of carbonyl (C=O) groups excluding carboxylic acids is 1. The van der Waals surface area contributed by atoms with Crippen molar-refractivity contribution in [1.29, 1.82) is 0 Å². The van der Waals surface area contributed by atoms with Crippen molar-refractivity contribution in [3.63, 3.8) is 0 Å². The van der Waals surface area contributed by atoms with Gasteiger partial charge in [0.05, 0.1) is 0 Å². The summed E-state index contributed by atoms with van der Waals surface area (Å²) in [7, 11) is 3.81. The van der Waals surface area contributed by atoms with Gasteiger partial charge in [-0.3, -0.25) is 4.79 Å². The molecule has 1 aromatic rings. The number of nitrogens with zero attached hydrogens (tertiary/aromatic N) is 1. The highest BCUT2D eigenvalue weighted by molar-refractivity contribution is 5.95. The molecule has 4 nitrogen and oxygen atoms in total. The van der Waals surface area contributed by atoms with Gasteiger partial charge in [0.2, 0.25) is 0 Å². The smallest absolute Gasteiger partial charge is 0.251 e. The van der Waals surface area contributed by atoms with Gasteiger partial charge in [-0.15, -0.1) is 0 Å². The van der Waals surface area contributed by atoms with Gasteiger partial charge in [-0.1, -0.05) is 6.07 Å². The molecule has 0 bridgehead atoms. The van der Waals surface area contributed by atoms with Gasteiger partial charge < -0.3 is 15.5 Å². The van der Waals surface area contributed by atoms with Gasteiger partial charge in [-0.2, -0.15) is 0 Å². The second-order valence-electron chi connectivity index (χ2n) is 5.35. The molecule has 1 saturated heterocycles. The second kappa shape index (κ2) is 6.06. The van der Waals surface area contributed by atoms with E-state index in [-0.39, 0.29) is 5.91 Å². The van der Waals surface area contributed by atoms with Crippen LogP contribution in [-0.2, 0) is 0 Å². The maximum atomic E-state index is 11.7. The molecule has 0 saturated carbocycles. The highest BCUT2D eigenvalue weighted by Gasteiger charge is 2.17. The number of amides is 1. The number of piperidine rings is 1. The molecule has 1 amide bonds. The number of likely N-dealkylation sites (N-methyl/N-ethyl adjacent to an activating group) is 1. The third-order valence-electron chi connectivity index (χ3n) is 3.71. The van der Waals surface area contributed by atoms with Gasteiger partial charge in [0.25, 0.3) is 5.91 Å². The van der Waals surface area contributed by atoms with E-state index in [9.17, 15) is 4.79 Å². The van der Waals surface area contributed by atoms with Gasteiger partial charge in [0.15, 0.2) is 0 Å². The zero-order valence-electron chi connectivity index (χ0n) is 12.0. The lowest BCUT2D eigenvalue weighted by atomic mass is 10.0. The van der Waals surface area contributed by atoms with Crippen LogP contribution in [0.25, 0.3) is 0 Å². The molecule has 0 spiro atoms. The monoisotopic (exact) mass is 261 g/mol. The van der Waals surface area contributed by atoms with Gasteiger partial charge in [0.1, 0.15) is 0 Å².